The number of carbonyl (C=O) groups excluding carboxylic acids is 1. The number of fused-ring (bicyclic) bond motifs is 1. The topological polar surface area (TPSA) is 116 Å². The van der Waals surface area contributed by atoms with Gasteiger partial charge in [-0.2, -0.15) is 0 Å². The second-order valence-corrected chi connectivity index (χ2v) is 12.4. The smallest absolute Gasteiger partial charge is 0.335 e. The summed E-state index contributed by atoms with van der Waals surface area (Å²) in [6, 6.07) is 13.6. The lowest BCUT2D eigenvalue weighted by Crippen LogP contribution is -2.35. The Morgan fingerprint density at radius 1 is 1.02 bits per heavy atom. The van der Waals surface area contributed by atoms with Gasteiger partial charge >= 0.3 is 5.97 Å². The third-order valence-corrected chi connectivity index (χ3v) is 9.34. The molecule has 1 N–H and O–H groups in total. The monoisotopic (exact) mass is 628 g/mol. The molecule has 4 heterocycles. The molecule has 10 nitrogen and oxygen atoms in total. The zero-order valence-corrected chi connectivity index (χ0v) is 25.8. The molecule has 0 unspecified atom stereocenters. The Kier molecular flexibility index (Phi) is 8.44. The number of halogens is 1. The molecule has 11 heteroatoms. The van der Waals surface area contributed by atoms with E-state index in [-0.39, 0.29) is 41.5 Å². The molecule has 7 rings (SSSR count). The summed E-state index contributed by atoms with van der Waals surface area (Å²) >= 11 is 0. The van der Waals surface area contributed by atoms with E-state index in [0.29, 0.717) is 30.3 Å². The van der Waals surface area contributed by atoms with Gasteiger partial charge in [-0.1, -0.05) is 6.07 Å². The molecule has 1 saturated carbocycles. The maximum atomic E-state index is 15.1. The van der Waals surface area contributed by atoms with Gasteiger partial charge in [0, 0.05) is 35.8 Å². The number of likely N-dealkylation sites (tertiary alicyclic amines) is 1. The van der Waals surface area contributed by atoms with Crippen molar-refractivity contribution in [3.05, 3.63) is 82.6 Å². The molecule has 4 aromatic rings. The van der Waals surface area contributed by atoms with Crippen LogP contribution in [-0.2, 0) is 24.4 Å². The summed E-state index contributed by atoms with van der Waals surface area (Å²) in [5.74, 6) is 0.338. The van der Waals surface area contributed by atoms with Crippen LogP contribution in [0.5, 0.6) is 11.6 Å². The summed E-state index contributed by atoms with van der Waals surface area (Å²) in [7, 11) is 1.46. The number of nitrogens with zero attached hydrogens (tertiary/aromatic N) is 4. The quantitative estimate of drug-likeness (QED) is 0.200. The molecular weight excluding hydrogens is 591 g/mol. The second kappa shape index (κ2) is 12.8. The van der Waals surface area contributed by atoms with Crippen LogP contribution >= 0.6 is 0 Å². The Balaban J connectivity index is 0.996. The van der Waals surface area contributed by atoms with E-state index in [4.69, 9.17) is 24.2 Å². The van der Waals surface area contributed by atoms with E-state index >= 15 is 4.39 Å². The van der Waals surface area contributed by atoms with Crippen molar-refractivity contribution in [2.24, 2.45) is 5.92 Å². The predicted octanol–water partition coefficient (Wildman–Crippen LogP) is 5.62. The second-order valence-electron chi connectivity index (χ2n) is 12.4. The lowest BCUT2D eigenvalue weighted by molar-refractivity contribution is -0.0592. The number of carboxylic acids is 1. The molecular formula is C35H37FN4O6. The van der Waals surface area contributed by atoms with Gasteiger partial charge in [0.2, 0.25) is 5.88 Å². The van der Waals surface area contributed by atoms with Crippen LogP contribution in [0.15, 0.2) is 48.5 Å². The highest BCUT2D eigenvalue weighted by molar-refractivity contribution is 5.99. The molecule has 1 aliphatic carbocycles. The number of hydrogen-bond donors (Lipinski definition) is 1. The number of carboxylic acid groups (broad SMARTS) is 1. The van der Waals surface area contributed by atoms with Crippen LogP contribution in [0.4, 0.5) is 4.39 Å². The van der Waals surface area contributed by atoms with Crippen LogP contribution in [0.25, 0.3) is 11.0 Å². The third-order valence-electron chi connectivity index (χ3n) is 9.34. The number of aromatic carboxylic acids is 1. The number of Topliss-reactive ketones (excluding diaryl/α,β-unsaturated/α-hetero) is 1. The Morgan fingerprint density at radius 3 is 2.52 bits per heavy atom. The summed E-state index contributed by atoms with van der Waals surface area (Å²) in [4.78, 5) is 36.1. The van der Waals surface area contributed by atoms with Crippen molar-refractivity contribution in [3.8, 4) is 11.6 Å². The van der Waals surface area contributed by atoms with E-state index in [1.807, 2.05) is 12.1 Å². The first-order valence-electron chi connectivity index (χ1n) is 15.9. The van der Waals surface area contributed by atoms with Crippen molar-refractivity contribution < 1.29 is 33.3 Å². The van der Waals surface area contributed by atoms with Gasteiger partial charge in [0.1, 0.15) is 24.0 Å². The minimum absolute atomic E-state index is 0.00524. The number of ketones is 1. The molecule has 1 atom stereocenters. The summed E-state index contributed by atoms with van der Waals surface area (Å²) in [5.41, 5.74) is 3.38. The molecule has 2 saturated heterocycles. The molecule has 0 bridgehead atoms. The number of aromatic nitrogens is 3. The van der Waals surface area contributed by atoms with Gasteiger partial charge in [-0.15, -0.1) is 0 Å². The largest absolute Gasteiger partial charge is 0.496 e. The molecule has 2 aromatic heterocycles. The first-order valence-corrected chi connectivity index (χ1v) is 15.9. The highest BCUT2D eigenvalue weighted by atomic mass is 19.1. The first-order chi connectivity index (χ1) is 22.4. The van der Waals surface area contributed by atoms with E-state index < -0.39 is 11.8 Å². The number of ether oxygens (including phenoxy) is 3. The number of imidazole rings is 1. The maximum absolute atomic E-state index is 15.1. The van der Waals surface area contributed by atoms with Crippen molar-refractivity contribution in [3.63, 3.8) is 0 Å². The fourth-order valence-corrected chi connectivity index (χ4v) is 6.39. The van der Waals surface area contributed by atoms with Crippen LogP contribution in [0.1, 0.15) is 75.8 Å². The van der Waals surface area contributed by atoms with Crippen LogP contribution < -0.4 is 9.47 Å². The number of hydrogen-bond acceptors (Lipinski definition) is 8. The molecule has 2 aromatic carbocycles. The third kappa shape index (κ3) is 6.34. The maximum Gasteiger partial charge on any atom is 0.335 e. The van der Waals surface area contributed by atoms with Crippen LogP contribution in [0.3, 0.4) is 0 Å². The normalized spacial score (nSPS) is 18.8. The summed E-state index contributed by atoms with van der Waals surface area (Å²) in [6.45, 7) is 3.71. The lowest BCUT2D eigenvalue weighted by atomic mass is 9.93. The average Bonchev–Trinajstić information content (AvgIpc) is 3.84. The highest BCUT2D eigenvalue weighted by Gasteiger charge is 2.32. The minimum atomic E-state index is -0.955. The van der Waals surface area contributed by atoms with Gasteiger partial charge in [0.05, 0.1) is 48.5 Å². The predicted molar refractivity (Wildman–Crippen MR) is 167 cm³/mol. The van der Waals surface area contributed by atoms with Crippen molar-refractivity contribution >= 4 is 22.8 Å². The molecule has 3 aliphatic rings. The fourth-order valence-electron chi connectivity index (χ4n) is 6.39. The van der Waals surface area contributed by atoms with Crippen molar-refractivity contribution in [1.29, 1.82) is 0 Å². The van der Waals surface area contributed by atoms with Gasteiger partial charge in [-0.05, 0) is 81.6 Å². The summed E-state index contributed by atoms with van der Waals surface area (Å²) in [6.07, 6.45) is 4.61. The number of pyridine rings is 1. The first kappa shape index (κ1) is 30.3. The Hall–Kier alpha value is -4.35. The van der Waals surface area contributed by atoms with E-state index in [2.05, 4.69) is 9.47 Å². The number of rotatable bonds is 12. The van der Waals surface area contributed by atoms with Gasteiger partial charge in [-0.25, -0.2) is 19.2 Å². The van der Waals surface area contributed by atoms with Crippen LogP contribution in [0, 0.1) is 11.7 Å². The number of piperidine rings is 1. The SMILES string of the molecule is COc1cc(C(=O)C2CC2)cc(F)c1COc1cccc(C2CCN(Cc3nc4ccc(C(=O)O)cc4n3C[C@@H]3CCO3)CC2)n1. The van der Waals surface area contributed by atoms with Gasteiger partial charge in [0.25, 0.3) is 0 Å². The summed E-state index contributed by atoms with van der Waals surface area (Å²) in [5, 5.41) is 9.53. The van der Waals surface area contributed by atoms with Crippen molar-refractivity contribution in [2.45, 2.75) is 63.8 Å². The molecule has 46 heavy (non-hydrogen) atoms. The number of benzene rings is 2. The molecule has 0 radical (unpaired) electrons. The van der Waals surface area contributed by atoms with E-state index in [0.717, 1.165) is 74.4 Å². The van der Waals surface area contributed by atoms with E-state index in [1.54, 1.807) is 30.3 Å². The molecule has 0 amide bonds. The summed E-state index contributed by atoms with van der Waals surface area (Å²) < 4.78 is 34.2. The Morgan fingerprint density at radius 2 is 1.83 bits per heavy atom. The average molecular weight is 629 g/mol. The fraction of sp³-hybridized carbons (Fsp3) is 0.429. The zero-order chi connectivity index (χ0) is 31.8. The number of methoxy groups -OCH3 is 1. The minimum Gasteiger partial charge on any atom is -0.496 e. The van der Waals surface area contributed by atoms with Crippen molar-refractivity contribution in [2.75, 3.05) is 26.8 Å². The molecule has 2 aliphatic heterocycles. The van der Waals surface area contributed by atoms with E-state index in [1.165, 1.54) is 13.2 Å². The van der Waals surface area contributed by atoms with Gasteiger partial charge in [-0.3, -0.25) is 9.69 Å². The van der Waals surface area contributed by atoms with Crippen LogP contribution in [-0.4, -0.2) is 69.2 Å². The number of carbonyl (C=O) groups is 2. The molecule has 240 valence electrons. The zero-order valence-electron chi connectivity index (χ0n) is 25.8. The van der Waals surface area contributed by atoms with Gasteiger partial charge in [0.15, 0.2) is 5.78 Å². The molecule has 3 fully saturated rings. The highest BCUT2D eigenvalue weighted by Crippen LogP contribution is 2.35. The lowest BCUT2D eigenvalue weighted by Gasteiger charge is -2.32. The van der Waals surface area contributed by atoms with Crippen molar-refractivity contribution in [1.82, 2.24) is 19.4 Å². The Labute approximate surface area is 266 Å². The van der Waals surface area contributed by atoms with Crippen LogP contribution in [0.2, 0.25) is 0 Å². The standard InChI is InChI=1S/C35H37FN4O6/c1-44-31-17-24(34(41)22-5-6-22)15-27(36)26(31)20-46-33-4-2-3-28(38-33)21-9-12-39(13-10-21)19-32-37-29-8-7-23(35(42)43)16-30(29)40(32)18-25-11-14-45-25/h2-4,7-8,15-17,21-22,25H,5-6,9-14,18-20H2,1H3,(H,42,43)/t25-/m0/s1. The Bertz CT molecular complexity index is 1770. The van der Waals surface area contributed by atoms with E-state index in [9.17, 15) is 14.7 Å². The van der Waals surface area contributed by atoms with Gasteiger partial charge < -0.3 is 23.9 Å². The molecule has 0 spiro atoms.